The van der Waals surface area contributed by atoms with E-state index in [1.165, 1.54) is 0 Å². The van der Waals surface area contributed by atoms with Gasteiger partial charge >= 0.3 is 6.03 Å². The maximum absolute atomic E-state index is 12.0. The van der Waals surface area contributed by atoms with Crippen LogP contribution in [0.15, 0.2) is 53.9 Å². The molecule has 1 atom stereocenters. The first-order valence-electron chi connectivity index (χ1n) is 7.51. The van der Waals surface area contributed by atoms with Crippen molar-refractivity contribution in [3.63, 3.8) is 0 Å². The smallest absolute Gasteiger partial charge is 0.319 e. The summed E-state index contributed by atoms with van der Waals surface area (Å²) in [6, 6.07) is 14.7. The molecule has 0 aliphatic heterocycles. The fourth-order valence-corrected chi connectivity index (χ4v) is 3.48. The van der Waals surface area contributed by atoms with Crippen LogP contribution in [-0.2, 0) is 0 Å². The molecule has 24 heavy (non-hydrogen) atoms. The predicted octanol–water partition coefficient (Wildman–Crippen LogP) is 3.77. The molecule has 1 heterocycles. The van der Waals surface area contributed by atoms with Crippen molar-refractivity contribution in [3.05, 3.63) is 59.5 Å². The van der Waals surface area contributed by atoms with E-state index in [2.05, 4.69) is 10.6 Å². The summed E-state index contributed by atoms with van der Waals surface area (Å²) in [5, 5.41) is 18.7. The number of thiophene rings is 1. The first-order valence-corrected chi connectivity index (χ1v) is 8.39. The van der Waals surface area contributed by atoms with E-state index in [0.29, 0.717) is 11.4 Å². The quantitative estimate of drug-likeness (QED) is 0.661. The molecule has 3 aromatic rings. The Morgan fingerprint density at radius 3 is 2.79 bits per heavy atom. The van der Waals surface area contributed by atoms with Gasteiger partial charge in [0.2, 0.25) is 0 Å². The van der Waals surface area contributed by atoms with E-state index in [-0.39, 0.29) is 6.54 Å². The maximum atomic E-state index is 12.0. The molecule has 1 aromatic heterocycles. The van der Waals surface area contributed by atoms with Crippen LogP contribution in [0.2, 0.25) is 0 Å². The number of nitrogens with one attached hydrogen (secondary N) is 2. The molecule has 3 rings (SSSR count). The van der Waals surface area contributed by atoms with Gasteiger partial charge in [-0.05, 0) is 29.0 Å². The number of hydrogen-bond donors (Lipinski definition) is 3. The summed E-state index contributed by atoms with van der Waals surface area (Å²) in [7, 11) is 1.55. The van der Waals surface area contributed by atoms with Crippen LogP contribution in [0.3, 0.4) is 0 Å². The molecule has 5 nitrogen and oxygen atoms in total. The van der Waals surface area contributed by atoms with Gasteiger partial charge in [0, 0.05) is 16.8 Å². The Hall–Kier alpha value is -2.57. The number of aliphatic hydroxyl groups is 1. The Morgan fingerprint density at radius 2 is 1.96 bits per heavy atom. The second kappa shape index (κ2) is 7.33. The molecule has 2 amide bonds. The van der Waals surface area contributed by atoms with Crippen LogP contribution in [0.1, 0.15) is 11.7 Å². The number of amides is 2. The van der Waals surface area contributed by atoms with Crippen LogP contribution in [0.4, 0.5) is 10.5 Å². The fraction of sp³-hybridized carbons (Fsp3) is 0.167. The lowest BCUT2D eigenvalue weighted by Gasteiger charge is -2.13. The van der Waals surface area contributed by atoms with E-state index in [4.69, 9.17) is 4.74 Å². The van der Waals surface area contributed by atoms with Crippen LogP contribution in [0, 0.1) is 0 Å². The molecule has 0 spiro atoms. The molecular weight excluding hydrogens is 324 g/mol. The SMILES string of the molecule is COc1ccccc1NC(=O)NC[C@H](O)c1csc2ccccc12. The maximum Gasteiger partial charge on any atom is 0.319 e. The molecule has 0 aliphatic rings. The Bertz CT molecular complexity index is 847. The van der Waals surface area contributed by atoms with Crippen molar-refractivity contribution in [2.45, 2.75) is 6.10 Å². The van der Waals surface area contributed by atoms with Gasteiger partial charge in [0.25, 0.3) is 0 Å². The van der Waals surface area contributed by atoms with Gasteiger partial charge in [-0.25, -0.2) is 4.79 Å². The van der Waals surface area contributed by atoms with Crippen molar-refractivity contribution < 1.29 is 14.6 Å². The molecule has 0 radical (unpaired) electrons. The summed E-state index contributed by atoms with van der Waals surface area (Å²) in [6.07, 6.45) is -0.760. The molecular formula is C18H18N2O3S. The molecule has 0 bridgehead atoms. The van der Waals surface area contributed by atoms with Crippen molar-refractivity contribution in [1.29, 1.82) is 0 Å². The number of ether oxygens (including phenoxy) is 1. The molecule has 0 unspecified atom stereocenters. The minimum atomic E-state index is -0.760. The van der Waals surface area contributed by atoms with Crippen molar-refractivity contribution in [2.75, 3.05) is 19.0 Å². The van der Waals surface area contributed by atoms with E-state index < -0.39 is 12.1 Å². The van der Waals surface area contributed by atoms with E-state index in [9.17, 15) is 9.90 Å². The highest BCUT2D eigenvalue weighted by atomic mass is 32.1. The lowest BCUT2D eigenvalue weighted by Crippen LogP contribution is -2.32. The van der Waals surface area contributed by atoms with E-state index in [1.807, 2.05) is 41.8 Å². The minimum Gasteiger partial charge on any atom is -0.495 e. The lowest BCUT2D eigenvalue weighted by molar-refractivity contribution is 0.177. The molecule has 6 heteroatoms. The largest absolute Gasteiger partial charge is 0.495 e. The number of fused-ring (bicyclic) bond motifs is 1. The predicted molar refractivity (Wildman–Crippen MR) is 96.8 cm³/mol. The molecule has 0 fully saturated rings. The number of hydrogen-bond acceptors (Lipinski definition) is 4. The van der Waals surface area contributed by atoms with Gasteiger partial charge in [-0.3, -0.25) is 0 Å². The zero-order valence-electron chi connectivity index (χ0n) is 13.2. The van der Waals surface area contributed by atoms with Crippen LogP contribution in [0.5, 0.6) is 5.75 Å². The summed E-state index contributed by atoms with van der Waals surface area (Å²) in [5.41, 5.74) is 1.40. The number of urea groups is 1. The van der Waals surface area contributed by atoms with Crippen LogP contribution in [-0.4, -0.2) is 24.8 Å². The second-order valence-corrected chi connectivity index (χ2v) is 6.15. The lowest BCUT2D eigenvalue weighted by atomic mass is 10.1. The van der Waals surface area contributed by atoms with E-state index >= 15 is 0 Å². The number of aliphatic hydroxyl groups excluding tert-OH is 1. The van der Waals surface area contributed by atoms with Gasteiger partial charge in [0.05, 0.1) is 18.9 Å². The number of methoxy groups -OCH3 is 1. The highest BCUT2D eigenvalue weighted by molar-refractivity contribution is 7.17. The molecule has 3 N–H and O–H groups in total. The fourth-order valence-electron chi connectivity index (χ4n) is 2.47. The van der Waals surface area contributed by atoms with Crippen molar-refractivity contribution in [1.82, 2.24) is 5.32 Å². The van der Waals surface area contributed by atoms with E-state index in [1.54, 1.807) is 30.6 Å². The summed E-state index contributed by atoms with van der Waals surface area (Å²) in [6.45, 7) is 0.127. The average Bonchev–Trinajstić information content (AvgIpc) is 3.04. The molecule has 2 aromatic carbocycles. The average molecular weight is 342 g/mol. The zero-order valence-corrected chi connectivity index (χ0v) is 14.0. The number of rotatable bonds is 5. The Morgan fingerprint density at radius 1 is 1.21 bits per heavy atom. The normalized spacial score (nSPS) is 11.9. The first kappa shape index (κ1) is 16.3. The molecule has 0 aliphatic carbocycles. The molecule has 124 valence electrons. The standard InChI is InChI=1S/C18H18N2O3S/c1-23-16-8-4-3-7-14(16)20-18(22)19-10-15(21)13-11-24-17-9-5-2-6-12(13)17/h2-9,11,15,21H,10H2,1H3,(H2,19,20,22)/t15-/m0/s1. The summed E-state index contributed by atoms with van der Waals surface area (Å²) < 4.78 is 6.30. The molecule has 0 saturated carbocycles. The third-order valence-corrected chi connectivity index (χ3v) is 4.66. The zero-order chi connectivity index (χ0) is 16.9. The van der Waals surface area contributed by atoms with Gasteiger partial charge in [-0.15, -0.1) is 11.3 Å². The highest BCUT2D eigenvalue weighted by Crippen LogP contribution is 2.30. The van der Waals surface area contributed by atoms with Crippen molar-refractivity contribution in [3.8, 4) is 5.75 Å². The number of carbonyl (C=O) groups excluding carboxylic acids is 1. The van der Waals surface area contributed by atoms with Crippen LogP contribution < -0.4 is 15.4 Å². The van der Waals surface area contributed by atoms with Gasteiger partial charge in [-0.2, -0.15) is 0 Å². The first-order chi connectivity index (χ1) is 11.7. The summed E-state index contributed by atoms with van der Waals surface area (Å²) in [5.74, 6) is 0.581. The number of benzene rings is 2. The summed E-state index contributed by atoms with van der Waals surface area (Å²) >= 11 is 1.58. The van der Waals surface area contributed by atoms with Gasteiger partial charge in [-0.1, -0.05) is 30.3 Å². The Kier molecular flexibility index (Phi) is 4.98. The minimum absolute atomic E-state index is 0.127. The van der Waals surface area contributed by atoms with Gasteiger partial charge < -0.3 is 20.5 Å². The highest BCUT2D eigenvalue weighted by Gasteiger charge is 2.14. The van der Waals surface area contributed by atoms with Crippen LogP contribution in [0.25, 0.3) is 10.1 Å². The third-order valence-electron chi connectivity index (χ3n) is 3.68. The number of anilines is 1. The Labute approximate surface area is 143 Å². The van der Waals surface area contributed by atoms with Gasteiger partial charge in [0.15, 0.2) is 0 Å². The van der Waals surface area contributed by atoms with E-state index in [0.717, 1.165) is 15.6 Å². The number of carbonyl (C=O) groups is 1. The van der Waals surface area contributed by atoms with Gasteiger partial charge in [0.1, 0.15) is 5.75 Å². The third kappa shape index (κ3) is 3.50. The Balaban J connectivity index is 1.62. The topological polar surface area (TPSA) is 70.6 Å². The summed E-state index contributed by atoms with van der Waals surface area (Å²) in [4.78, 5) is 12.0. The monoisotopic (exact) mass is 342 g/mol. The second-order valence-electron chi connectivity index (χ2n) is 5.24. The molecule has 0 saturated heterocycles. The van der Waals surface area contributed by atoms with Crippen LogP contribution >= 0.6 is 11.3 Å². The van der Waals surface area contributed by atoms with Crippen molar-refractivity contribution in [2.24, 2.45) is 0 Å². The number of para-hydroxylation sites is 2. The van der Waals surface area contributed by atoms with Crippen molar-refractivity contribution >= 4 is 33.1 Å².